The van der Waals surface area contributed by atoms with E-state index in [0.29, 0.717) is 5.41 Å². The monoisotopic (exact) mass is 230 g/mol. The van der Waals surface area contributed by atoms with Crippen molar-refractivity contribution in [1.82, 2.24) is 0 Å². The lowest BCUT2D eigenvalue weighted by Gasteiger charge is -2.68. The molecule has 6 fully saturated rings. The highest BCUT2D eigenvalue weighted by Crippen LogP contribution is 2.96. The molecule has 0 aromatic carbocycles. The third-order valence-corrected chi connectivity index (χ3v) is 9.19. The molecule has 7 unspecified atom stereocenters. The van der Waals surface area contributed by atoms with Crippen molar-refractivity contribution in [1.29, 1.82) is 0 Å². The quantitative estimate of drug-likeness (QED) is 0.580. The van der Waals surface area contributed by atoms with Gasteiger partial charge in [-0.3, -0.25) is 0 Å². The summed E-state index contributed by atoms with van der Waals surface area (Å²) in [7, 11) is 0. The summed E-state index contributed by atoms with van der Waals surface area (Å²) in [5, 5.41) is 0. The normalized spacial score (nSPS) is 78.4. The second kappa shape index (κ2) is 2.25. The Bertz CT molecular complexity index is 414. The smallest absolute Gasteiger partial charge is 0.0168 e. The molecule has 94 valence electrons. The average Bonchev–Trinajstić information content (AvgIpc) is 3.15. The van der Waals surface area contributed by atoms with Crippen LogP contribution in [-0.2, 0) is 0 Å². The molecule has 0 radical (unpaired) electrons. The van der Waals surface area contributed by atoms with Crippen LogP contribution in [0.15, 0.2) is 0 Å². The fourth-order valence-electron chi connectivity index (χ4n) is 8.43. The van der Waals surface area contributed by atoms with Gasteiger partial charge >= 0.3 is 0 Å². The van der Waals surface area contributed by atoms with Crippen LogP contribution in [0.3, 0.4) is 0 Å². The van der Waals surface area contributed by atoms with Crippen molar-refractivity contribution < 1.29 is 0 Å². The molecule has 0 aromatic rings. The van der Waals surface area contributed by atoms with Crippen molar-refractivity contribution in [2.24, 2.45) is 51.8 Å². The Morgan fingerprint density at radius 3 is 2.41 bits per heavy atom. The summed E-state index contributed by atoms with van der Waals surface area (Å²) in [6.45, 7) is 10.5. The number of fused-ring (bicyclic) bond motifs is 1. The molecule has 0 N–H and O–H groups in total. The first-order valence-corrected chi connectivity index (χ1v) is 8.00. The van der Waals surface area contributed by atoms with Gasteiger partial charge in [-0.05, 0) is 77.4 Å². The van der Waals surface area contributed by atoms with E-state index in [9.17, 15) is 0 Å². The molecule has 0 nitrogen and oxygen atoms in total. The van der Waals surface area contributed by atoms with Crippen molar-refractivity contribution in [3.8, 4) is 0 Å². The van der Waals surface area contributed by atoms with E-state index in [1.807, 2.05) is 0 Å². The summed E-state index contributed by atoms with van der Waals surface area (Å²) < 4.78 is 0. The highest BCUT2D eigenvalue weighted by molar-refractivity contribution is 5.38. The van der Waals surface area contributed by atoms with Crippen LogP contribution >= 0.6 is 0 Å². The molecule has 6 rings (SSSR count). The Morgan fingerprint density at radius 1 is 1.00 bits per heavy atom. The second-order valence-corrected chi connectivity index (χ2v) is 8.73. The van der Waals surface area contributed by atoms with Crippen LogP contribution in [0.2, 0.25) is 0 Å². The highest BCUT2D eigenvalue weighted by Gasteiger charge is 2.91. The zero-order chi connectivity index (χ0) is 11.8. The molecule has 17 heavy (non-hydrogen) atoms. The summed E-state index contributed by atoms with van der Waals surface area (Å²) in [5.41, 5.74) is 2.36. The first-order valence-electron chi connectivity index (χ1n) is 8.00. The zero-order valence-corrected chi connectivity index (χ0v) is 11.8. The Labute approximate surface area is 106 Å². The summed E-state index contributed by atoms with van der Waals surface area (Å²) in [4.78, 5) is 0. The van der Waals surface area contributed by atoms with Gasteiger partial charge in [0.25, 0.3) is 0 Å². The molecule has 0 amide bonds. The number of hydrogen-bond acceptors (Lipinski definition) is 0. The third kappa shape index (κ3) is 0.659. The Hall–Kier alpha value is 0. The van der Waals surface area contributed by atoms with Gasteiger partial charge in [-0.1, -0.05) is 27.7 Å². The minimum Gasteiger partial charge on any atom is -0.0617 e. The van der Waals surface area contributed by atoms with E-state index < -0.39 is 0 Å². The fraction of sp³-hybridized carbons (Fsp3) is 1.00. The zero-order valence-electron chi connectivity index (χ0n) is 11.8. The van der Waals surface area contributed by atoms with E-state index in [1.165, 1.54) is 0 Å². The van der Waals surface area contributed by atoms with Gasteiger partial charge in [-0.15, -0.1) is 0 Å². The maximum absolute atomic E-state index is 2.67. The van der Waals surface area contributed by atoms with Crippen LogP contribution in [0.4, 0.5) is 0 Å². The maximum Gasteiger partial charge on any atom is -0.0168 e. The summed E-state index contributed by atoms with van der Waals surface area (Å²) in [6, 6.07) is 0. The van der Waals surface area contributed by atoms with Gasteiger partial charge in [0.15, 0.2) is 0 Å². The van der Waals surface area contributed by atoms with Crippen molar-refractivity contribution >= 4 is 0 Å². The molecule has 0 aromatic heterocycles. The number of hydrogen-bond donors (Lipinski definition) is 0. The molecule has 0 heterocycles. The minimum atomic E-state index is 0.699. The SMILES string of the molecule is CC1C2C(C)C13CC31C3CC3CCC2(C)C1C. The van der Waals surface area contributed by atoms with Gasteiger partial charge in [-0.25, -0.2) is 0 Å². The van der Waals surface area contributed by atoms with Crippen LogP contribution in [0, 0.1) is 51.8 Å². The van der Waals surface area contributed by atoms with Gasteiger partial charge in [0, 0.05) is 0 Å². The molecule has 2 spiro atoms. The molecule has 0 aliphatic heterocycles. The first-order chi connectivity index (χ1) is 8.00. The van der Waals surface area contributed by atoms with E-state index in [0.717, 1.165) is 46.3 Å². The van der Waals surface area contributed by atoms with Gasteiger partial charge in [0.2, 0.25) is 0 Å². The molecule has 0 saturated heterocycles. The van der Waals surface area contributed by atoms with Gasteiger partial charge < -0.3 is 0 Å². The fourth-order valence-corrected chi connectivity index (χ4v) is 8.43. The van der Waals surface area contributed by atoms with Crippen molar-refractivity contribution in [2.75, 3.05) is 0 Å². The second-order valence-electron chi connectivity index (χ2n) is 8.73. The predicted octanol–water partition coefficient (Wildman–Crippen LogP) is 4.35. The van der Waals surface area contributed by atoms with E-state index in [4.69, 9.17) is 0 Å². The van der Waals surface area contributed by atoms with Gasteiger partial charge in [-0.2, -0.15) is 0 Å². The topological polar surface area (TPSA) is 0 Å². The molecular formula is C17H26. The molecule has 6 saturated carbocycles. The van der Waals surface area contributed by atoms with E-state index in [2.05, 4.69) is 27.7 Å². The van der Waals surface area contributed by atoms with E-state index in [1.54, 1.807) is 25.7 Å². The molecule has 6 aliphatic rings. The lowest BCUT2D eigenvalue weighted by Crippen LogP contribution is -2.64. The Morgan fingerprint density at radius 2 is 1.71 bits per heavy atom. The van der Waals surface area contributed by atoms with Crippen LogP contribution in [-0.4, -0.2) is 0 Å². The maximum atomic E-state index is 2.67. The summed E-state index contributed by atoms with van der Waals surface area (Å²) >= 11 is 0. The minimum absolute atomic E-state index is 0.699. The third-order valence-electron chi connectivity index (χ3n) is 9.19. The van der Waals surface area contributed by atoms with Gasteiger partial charge in [0.1, 0.15) is 0 Å². The summed E-state index contributed by atoms with van der Waals surface area (Å²) in [6.07, 6.45) is 6.34. The van der Waals surface area contributed by atoms with Crippen molar-refractivity contribution in [2.45, 2.75) is 53.4 Å². The number of rotatable bonds is 0. The Balaban J connectivity index is 1.75. The van der Waals surface area contributed by atoms with E-state index in [-0.39, 0.29) is 0 Å². The van der Waals surface area contributed by atoms with Crippen LogP contribution < -0.4 is 0 Å². The standard InChI is InChI=1S/C17H26/c1-9-14-10(2)16(9)8-17(16)11(3)15(14,4)6-5-12-7-13(12)17/h9-14H,5-8H2,1-4H3. The molecule has 4 bridgehead atoms. The van der Waals surface area contributed by atoms with Crippen molar-refractivity contribution in [3.63, 3.8) is 0 Å². The molecule has 7 atom stereocenters. The highest BCUT2D eigenvalue weighted by atomic mass is 14.9. The van der Waals surface area contributed by atoms with Crippen LogP contribution in [0.25, 0.3) is 0 Å². The van der Waals surface area contributed by atoms with Crippen LogP contribution in [0.5, 0.6) is 0 Å². The molecule has 6 aliphatic carbocycles. The van der Waals surface area contributed by atoms with Gasteiger partial charge in [0.05, 0.1) is 0 Å². The van der Waals surface area contributed by atoms with Crippen LogP contribution in [0.1, 0.15) is 53.4 Å². The predicted molar refractivity (Wildman–Crippen MR) is 69.4 cm³/mol. The average molecular weight is 230 g/mol. The Kier molecular flexibility index (Phi) is 1.31. The lowest BCUT2D eigenvalue weighted by molar-refractivity contribution is -0.212. The molecule has 0 heteroatoms. The first kappa shape index (κ1) is 9.87. The van der Waals surface area contributed by atoms with Crippen molar-refractivity contribution in [3.05, 3.63) is 0 Å². The summed E-state index contributed by atoms with van der Waals surface area (Å²) in [5.74, 6) is 6.51. The molecular weight excluding hydrogens is 204 g/mol. The lowest BCUT2D eigenvalue weighted by atomic mass is 9.36. The largest absolute Gasteiger partial charge is 0.0617 e. The van der Waals surface area contributed by atoms with E-state index >= 15 is 0 Å².